The zero-order valence-corrected chi connectivity index (χ0v) is 11.0. The van der Waals surface area contributed by atoms with Crippen molar-refractivity contribution in [2.45, 2.75) is 0 Å². The number of para-hydroxylation sites is 1. The van der Waals surface area contributed by atoms with Crippen LogP contribution >= 0.6 is 0 Å². The predicted octanol–water partition coefficient (Wildman–Crippen LogP) is 4.07. The predicted molar refractivity (Wildman–Crippen MR) is 83.8 cm³/mol. The smallest absolute Gasteiger partial charge is 0.153 e. The van der Waals surface area contributed by atoms with Crippen LogP contribution in [0.4, 0.5) is 17.2 Å². The van der Waals surface area contributed by atoms with Crippen molar-refractivity contribution in [2.75, 3.05) is 11.1 Å². The Kier molecular flexibility index (Phi) is 3.33. The molecule has 0 unspecified atom stereocenters. The van der Waals surface area contributed by atoms with Gasteiger partial charge >= 0.3 is 0 Å². The minimum Gasteiger partial charge on any atom is -0.396 e. The molecule has 98 valence electrons. The number of hydrogen-bond donors (Lipinski definition) is 2. The fourth-order valence-corrected chi connectivity index (χ4v) is 2.11. The monoisotopic (exact) mass is 261 g/mol. The van der Waals surface area contributed by atoms with Crippen molar-refractivity contribution in [2.24, 2.45) is 0 Å². The van der Waals surface area contributed by atoms with Crippen LogP contribution in [-0.4, -0.2) is 4.98 Å². The van der Waals surface area contributed by atoms with Crippen LogP contribution in [0.15, 0.2) is 72.9 Å². The van der Waals surface area contributed by atoms with Crippen molar-refractivity contribution in [1.82, 2.24) is 4.98 Å². The average molecular weight is 261 g/mol. The van der Waals surface area contributed by atoms with Crippen LogP contribution in [0.5, 0.6) is 0 Å². The molecule has 1 heterocycles. The molecule has 0 bridgehead atoms. The maximum Gasteiger partial charge on any atom is 0.153 e. The topological polar surface area (TPSA) is 50.9 Å². The van der Waals surface area contributed by atoms with Gasteiger partial charge in [-0.15, -0.1) is 0 Å². The Bertz CT molecular complexity index is 708. The van der Waals surface area contributed by atoms with Gasteiger partial charge in [-0.05, 0) is 23.8 Å². The summed E-state index contributed by atoms with van der Waals surface area (Å²) in [5, 5.41) is 3.30. The zero-order chi connectivity index (χ0) is 13.8. The Morgan fingerprint density at radius 3 is 2.35 bits per heavy atom. The standard InChI is InChI=1S/C17H15N3/c18-15-10-6-12-19-17(15)20-16-11-5-4-9-14(16)13-7-2-1-3-8-13/h1-12H,18H2,(H,19,20). The number of rotatable bonds is 3. The molecule has 3 N–H and O–H groups in total. The van der Waals surface area contributed by atoms with Crippen molar-refractivity contribution in [1.29, 1.82) is 0 Å². The lowest BCUT2D eigenvalue weighted by molar-refractivity contribution is 1.31. The second kappa shape index (κ2) is 5.45. The Labute approximate surface area is 118 Å². The summed E-state index contributed by atoms with van der Waals surface area (Å²) in [6, 6.07) is 22.0. The summed E-state index contributed by atoms with van der Waals surface area (Å²) in [5.74, 6) is 0.677. The molecule has 0 aliphatic heterocycles. The van der Waals surface area contributed by atoms with Crippen LogP contribution in [0.2, 0.25) is 0 Å². The number of nitrogens with zero attached hydrogens (tertiary/aromatic N) is 1. The minimum atomic E-state index is 0.635. The van der Waals surface area contributed by atoms with Crippen molar-refractivity contribution in [3.8, 4) is 11.1 Å². The van der Waals surface area contributed by atoms with Gasteiger partial charge in [-0.3, -0.25) is 0 Å². The first-order chi connectivity index (χ1) is 9.84. The summed E-state index contributed by atoms with van der Waals surface area (Å²) in [4.78, 5) is 4.27. The number of pyridine rings is 1. The highest BCUT2D eigenvalue weighted by molar-refractivity contribution is 5.82. The SMILES string of the molecule is Nc1cccnc1Nc1ccccc1-c1ccccc1. The van der Waals surface area contributed by atoms with Gasteiger partial charge in [-0.25, -0.2) is 4.98 Å². The van der Waals surface area contributed by atoms with Gasteiger partial charge in [0.2, 0.25) is 0 Å². The number of anilines is 3. The fourth-order valence-electron chi connectivity index (χ4n) is 2.11. The van der Waals surface area contributed by atoms with E-state index >= 15 is 0 Å². The van der Waals surface area contributed by atoms with E-state index in [4.69, 9.17) is 5.73 Å². The number of nitrogen functional groups attached to an aromatic ring is 1. The van der Waals surface area contributed by atoms with Gasteiger partial charge < -0.3 is 11.1 Å². The van der Waals surface area contributed by atoms with Gasteiger partial charge in [0, 0.05) is 17.4 Å². The molecule has 0 radical (unpaired) electrons. The molecule has 0 aliphatic rings. The van der Waals surface area contributed by atoms with E-state index in [1.807, 2.05) is 48.5 Å². The number of nitrogens with one attached hydrogen (secondary N) is 1. The Morgan fingerprint density at radius 1 is 0.800 bits per heavy atom. The summed E-state index contributed by atoms with van der Waals surface area (Å²) in [7, 11) is 0. The van der Waals surface area contributed by atoms with Gasteiger partial charge in [-0.1, -0.05) is 48.5 Å². The van der Waals surface area contributed by atoms with Crippen molar-refractivity contribution in [3.63, 3.8) is 0 Å². The molecule has 0 saturated carbocycles. The van der Waals surface area contributed by atoms with E-state index in [2.05, 4.69) is 28.5 Å². The van der Waals surface area contributed by atoms with Gasteiger partial charge in [-0.2, -0.15) is 0 Å². The highest BCUT2D eigenvalue weighted by atomic mass is 15.0. The van der Waals surface area contributed by atoms with E-state index in [0.29, 0.717) is 11.5 Å². The first-order valence-electron chi connectivity index (χ1n) is 6.46. The molecule has 3 heteroatoms. The van der Waals surface area contributed by atoms with E-state index in [9.17, 15) is 0 Å². The van der Waals surface area contributed by atoms with Gasteiger partial charge in [0.1, 0.15) is 0 Å². The summed E-state index contributed by atoms with van der Waals surface area (Å²) in [6.07, 6.45) is 1.73. The molecule has 2 aromatic carbocycles. The first kappa shape index (κ1) is 12.2. The molecule has 3 aromatic rings. The lowest BCUT2D eigenvalue weighted by Crippen LogP contribution is -1.99. The highest BCUT2D eigenvalue weighted by Gasteiger charge is 2.06. The third kappa shape index (κ3) is 2.47. The second-order valence-electron chi connectivity index (χ2n) is 4.48. The molecule has 20 heavy (non-hydrogen) atoms. The van der Waals surface area contributed by atoms with Crippen LogP contribution < -0.4 is 11.1 Å². The number of aromatic nitrogens is 1. The van der Waals surface area contributed by atoms with E-state index in [1.165, 1.54) is 0 Å². The van der Waals surface area contributed by atoms with Crippen LogP contribution in [-0.2, 0) is 0 Å². The molecule has 3 nitrogen and oxygen atoms in total. The molecule has 0 amide bonds. The molecular weight excluding hydrogens is 246 g/mol. The number of benzene rings is 2. The summed E-state index contributed by atoms with van der Waals surface area (Å²) < 4.78 is 0. The number of hydrogen-bond acceptors (Lipinski definition) is 3. The van der Waals surface area contributed by atoms with Crippen LogP contribution in [0.25, 0.3) is 11.1 Å². The molecule has 0 fully saturated rings. The molecule has 1 aromatic heterocycles. The van der Waals surface area contributed by atoms with Crippen molar-refractivity contribution in [3.05, 3.63) is 72.9 Å². The summed E-state index contributed by atoms with van der Waals surface area (Å²) in [5.41, 5.74) is 9.84. The zero-order valence-electron chi connectivity index (χ0n) is 11.0. The van der Waals surface area contributed by atoms with E-state index < -0.39 is 0 Å². The molecule has 3 rings (SSSR count). The minimum absolute atomic E-state index is 0.635. The van der Waals surface area contributed by atoms with Crippen molar-refractivity contribution >= 4 is 17.2 Å². The van der Waals surface area contributed by atoms with Crippen LogP contribution in [0, 0.1) is 0 Å². The van der Waals surface area contributed by atoms with E-state index in [-0.39, 0.29) is 0 Å². The maximum atomic E-state index is 5.93. The summed E-state index contributed by atoms with van der Waals surface area (Å²) >= 11 is 0. The molecule has 0 saturated heterocycles. The van der Waals surface area contributed by atoms with Gasteiger partial charge in [0.25, 0.3) is 0 Å². The van der Waals surface area contributed by atoms with Crippen LogP contribution in [0.1, 0.15) is 0 Å². The summed E-state index contributed by atoms with van der Waals surface area (Å²) in [6.45, 7) is 0. The maximum absolute atomic E-state index is 5.93. The Hall–Kier alpha value is -2.81. The fraction of sp³-hybridized carbons (Fsp3) is 0. The van der Waals surface area contributed by atoms with Crippen LogP contribution in [0.3, 0.4) is 0 Å². The Balaban J connectivity index is 2.01. The first-order valence-corrected chi connectivity index (χ1v) is 6.46. The number of nitrogens with two attached hydrogens (primary N) is 1. The highest BCUT2D eigenvalue weighted by Crippen LogP contribution is 2.30. The normalized spacial score (nSPS) is 10.2. The molecule has 0 spiro atoms. The lowest BCUT2D eigenvalue weighted by atomic mass is 10.0. The molecule has 0 aliphatic carbocycles. The van der Waals surface area contributed by atoms with Gasteiger partial charge in [0.05, 0.1) is 5.69 Å². The molecule has 0 atom stereocenters. The largest absolute Gasteiger partial charge is 0.396 e. The average Bonchev–Trinajstić information content (AvgIpc) is 2.51. The van der Waals surface area contributed by atoms with E-state index in [1.54, 1.807) is 6.20 Å². The van der Waals surface area contributed by atoms with Gasteiger partial charge in [0.15, 0.2) is 5.82 Å². The van der Waals surface area contributed by atoms with E-state index in [0.717, 1.165) is 16.8 Å². The third-order valence-corrected chi connectivity index (χ3v) is 3.10. The quantitative estimate of drug-likeness (QED) is 0.747. The lowest BCUT2D eigenvalue weighted by Gasteiger charge is -2.12. The molecular formula is C17H15N3. The third-order valence-electron chi connectivity index (χ3n) is 3.10. The van der Waals surface area contributed by atoms with Crippen molar-refractivity contribution < 1.29 is 0 Å². The Morgan fingerprint density at radius 2 is 1.55 bits per heavy atom. The second-order valence-corrected chi connectivity index (χ2v) is 4.48.